The summed E-state index contributed by atoms with van der Waals surface area (Å²) in [6, 6.07) is 15.0. The van der Waals surface area contributed by atoms with E-state index >= 15 is 0 Å². The molecule has 0 fully saturated rings. The Morgan fingerprint density at radius 3 is 2.67 bits per heavy atom. The molecule has 0 radical (unpaired) electrons. The second kappa shape index (κ2) is 6.39. The van der Waals surface area contributed by atoms with E-state index in [0.717, 1.165) is 19.4 Å². The predicted molar refractivity (Wildman–Crippen MR) is 90.4 cm³/mol. The van der Waals surface area contributed by atoms with Crippen LogP contribution < -0.4 is 5.32 Å². The van der Waals surface area contributed by atoms with E-state index in [1.807, 2.05) is 12.1 Å². The van der Waals surface area contributed by atoms with Crippen molar-refractivity contribution in [3.63, 3.8) is 0 Å². The van der Waals surface area contributed by atoms with Crippen LogP contribution in [-0.4, -0.2) is 6.54 Å². The first-order valence-electron chi connectivity index (χ1n) is 7.47. The quantitative estimate of drug-likeness (QED) is 0.780. The van der Waals surface area contributed by atoms with Gasteiger partial charge >= 0.3 is 0 Å². The lowest BCUT2D eigenvalue weighted by molar-refractivity contribution is 0.411. The summed E-state index contributed by atoms with van der Waals surface area (Å²) in [5.41, 5.74) is 4.14. The van der Waals surface area contributed by atoms with Crippen LogP contribution in [0.3, 0.4) is 0 Å². The molecule has 2 atom stereocenters. The number of rotatable bonds is 5. The minimum atomic E-state index is 0.301. The maximum absolute atomic E-state index is 6.20. The summed E-state index contributed by atoms with van der Waals surface area (Å²) < 4.78 is 0. The molecule has 0 aromatic heterocycles. The number of fused-ring (bicyclic) bond motifs is 1. The molecule has 2 aromatic rings. The van der Waals surface area contributed by atoms with Crippen molar-refractivity contribution in [3.05, 3.63) is 69.2 Å². The van der Waals surface area contributed by atoms with Gasteiger partial charge in [0.05, 0.1) is 10.0 Å². The van der Waals surface area contributed by atoms with Crippen LogP contribution in [0.25, 0.3) is 0 Å². The van der Waals surface area contributed by atoms with Crippen LogP contribution in [-0.2, 0) is 6.42 Å². The van der Waals surface area contributed by atoms with Crippen LogP contribution in [0.5, 0.6) is 0 Å². The van der Waals surface area contributed by atoms with Crippen molar-refractivity contribution < 1.29 is 0 Å². The van der Waals surface area contributed by atoms with Crippen molar-refractivity contribution in [2.75, 3.05) is 6.54 Å². The molecule has 0 saturated heterocycles. The van der Waals surface area contributed by atoms with Crippen LogP contribution in [0, 0.1) is 0 Å². The highest BCUT2D eigenvalue weighted by Crippen LogP contribution is 2.44. The van der Waals surface area contributed by atoms with E-state index in [1.165, 1.54) is 16.7 Å². The number of hydrogen-bond donors (Lipinski definition) is 1. The van der Waals surface area contributed by atoms with E-state index in [9.17, 15) is 0 Å². The van der Waals surface area contributed by atoms with E-state index in [4.69, 9.17) is 23.2 Å². The van der Waals surface area contributed by atoms with E-state index in [2.05, 4.69) is 42.6 Å². The van der Waals surface area contributed by atoms with Crippen molar-refractivity contribution in [2.45, 2.75) is 31.7 Å². The Kier molecular flexibility index (Phi) is 4.54. The largest absolute Gasteiger partial charge is 0.309 e. The third kappa shape index (κ3) is 2.96. The zero-order chi connectivity index (χ0) is 14.8. The summed E-state index contributed by atoms with van der Waals surface area (Å²) in [4.78, 5) is 0. The molecular weight excluding hydrogens is 301 g/mol. The molecule has 1 aliphatic carbocycles. The average molecular weight is 320 g/mol. The van der Waals surface area contributed by atoms with Crippen LogP contribution in [0.2, 0.25) is 10.0 Å². The Hall–Kier alpha value is -1.02. The standard InChI is InChI=1S/C18H19Cl2N/c1-2-9-21-18(13-7-8-16(19)17(20)11-13)15-10-12-5-3-4-6-14(12)15/h3-8,11,15,18,21H,2,9-10H2,1H3. The minimum absolute atomic E-state index is 0.301. The van der Waals surface area contributed by atoms with Gasteiger partial charge in [-0.25, -0.2) is 0 Å². The molecule has 0 aliphatic heterocycles. The second-order valence-corrected chi connectivity index (χ2v) is 6.43. The monoisotopic (exact) mass is 319 g/mol. The molecule has 1 nitrogen and oxygen atoms in total. The number of benzene rings is 2. The first kappa shape index (κ1) is 14.9. The van der Waals surface area contributed by atoms with Gasteiger partial charge in [0, 0.05) is 12.0 Å². The zero-order valence-electron chi connectivity index (χ0n) is 12.1. The molecule has 2 unspecified atom stereocenters. The Bertz CT molecular complexity index is 639. The molecule has 3 rings (SSSR count). The second-order valence-electron chi connectivity index (χ2n) is 5.61. The van der Waals surface area contributed by atoms with E-state index in [0.29, 0.717) is 22.0 Å². The predicted octanol–water partition coefficient (Wildman–Crippen LogP) is 5.37. The SMILES string of the molecule is CCCNC(c1ccc(Cl)c(Cl)c1)C1Cc2ccccc21. The third-order valence-electron chi connectivity index (χ3n) is 4.21. The number of nitrogens with one attached hydrogen (secondary N) is 1. The Morgan fingerprint density at radius 1 is 1.14 bits per heavy atom. The average Bonchev–Trinajstić information content (AvgIpc) is 2.47. The van der Waals surface area contributed by atoms with E-state index in [1.54, 1.807) is 0 Å². The fraction of sp³-hybridized carbons (Fsp3) is 0.333. The lowest BCUT2D eigenvalue weighted by atomic mass is 9.71. The van der Waals surface area contributed by atoms with Crippen LogP contribution in [0.15, 0.2) is 42.5 Å². The fourth-order valence-corrected chi connectivity index (χ4v) is 3.40. The van der Waals surface area contributed by atoms with Crippen LogP contribution in [0.1, 0.15) is 42.0 Å². The summed E-state index contributed by atoms with van der Waals surface area (Å²) in [5, 5.41) is 4.92. The van der Waals surface area contributed by atoms with Crippen LogP contribution >= 0.6 is 23.2 Å². The Morgan fingerprint density at radius 2 is 1.95 bits per heavy atom. The molecule has 21 heavy (non-hydrogen) atoms. The van der Waals surface area contributed by atoms with Gasteiger partial charge < -0.3 is 5.32 Å². The molecule has 0 heterocycles. The third-order valence-corrected chi connectivity index (χ3v) is 4.95. The summed E-state index contributed by atoms with van der Waals surface area (Å²) in [5.74, 6) is 0.519. The van der Waals surface area contributed by atoms with Gasteiger partial charge in [0.15, 0.2) is 0 Å². The van der Waals surface area contributed by atoms with Gasteiger partial charge in [0.2, 0.25) is 0 Å². The molecule has 0 amide bonds. The first-order chi connectivity index (χ1) is 10.2. The maximum atomic E-state index is 6.20. The van der Waals surface area contributed by atoms with Crippen molar-refractivity contribution >= 4 is 23.2 Å². The van der Waals surface area contributed by atoms with Crippen molar-refractivity contribution in [3.8, 4) is 0 Å². The molecule has 0 saturated carbocycles. The van der Waals surface area contributed by atoms with Crippen molar-refractivity contribution in [1.82, 2.24) is 5.32 Å². The van der Waals surface area contributed by atoms with Crippen LogP contribution in [0.4, 0.5) is 0 Å². The highest BCUT2D eigenvalue weighted by molar-refractivity contribution is 6.42. The summed E-state index contributed by atoms with van der Waals surface area (Å²) in [6.07, 6.45) is 2.24. The lowest BCUT2D eigenvalue weighted by Crippen LogP contribution is -2.33. The Labute approximate surface area is 136 Å². The van der Waals surface area contributed by atoms with Gasteiger partial charge in [-0.3, -0.25) is 0 Å². The highest BCUT2D eigenvalue weighted by Gasteiger charge is 2.33. The smallest absolute Gasteiger partial charge is 0.0595 e. The van der Waals surface area contributed by atoms with E-state index in [-0.39, 0.29) is 0 Å². The van der Waals surface area contributed by atoms with Gasteiger partial charge in [0.25, 0.3) is 0 Å². The topological polar surface area (TPSA) is 12.0 Å². The molecular formula is C18H19Cl2N. The highest BCUT2D eigenvalue weighted by atomic mass is 35.5. The summed E-state index contributed by atoms with van der Waals surface area (Å²) in [7, 11) is 0. The summed E-state index contributed by atoms with van der Waals surface area (Å²) >= 11 is 12.2. The van der Waals surface area contributed by atoms with Gasteiger partial charge in [-0.2, -0.15) is 0 Å². The fourth-order valence-electron chi connectivity index (χ4n) is 3.09. The molecule has 3 heteroatoms. The van der Waals surface area contributed by atoms with Crippen molar-refractivity contribution in [1.29, 1.82) is 0 Å². The van der Waals surface area contributed by atoms with Gasteiger partial charge in [-0.05, 0) is 48.2 Å². The summed E-state index contributed by atoms with van der Waals surface area (Å²) in [6.45, 7) is 3.19. The maximum Gasteiger partial charge on any atom is 0.0595 e. The molecule has 1 N–H and O–H groups in total. The van der Waals surface area contributed by atoms with E-state index < -0.39 is 0 Å². The minimum Gasteiger partial charge on any atom is -0.309 e. The molecule has 2 aromatic carbocycles. The van der Waals surface area contributed by atoms with Gasteiger partial charge in [-0.1, -0.05) is 60.5 Å². The lowest BCUT2D eigenvalue weighted by Gasteiger charge is -2.37. The van der Waals surface area contributed by atoms with Gasteiger partial charge in [-0.15, -0.1) is 0 Å². The molecule has 110 valence electrons. The zero-order valence-corrected chi connectivity index (χ0v) is 13.6. The van der Waals surface area contributed by atoms with Crippen molar-refractivity contribution in [2.24, 2.45) is 0 Å². The number of halogens is 2. The normalized spacial score (nSPS) is 18.0. The van der Waals surface area contributed by atoms with Gasteiger partial charge in [0.1, 0.15) is 0 Å². The Balaban J connectivity index is 1.90. The number of hydrogen-bond acceptors (Lipinski definition) is 1. The molecule has 1 aliphatic rings. The first-order valence-corrected chi connectivity index (χ1v) is 8.22. The molecule has 0 bridgehead atoms. The molecule has 0 spiro atoms.